The zero-order valence-corrected chi connectivity index (χ0v) is 37.3. The van der Waals surface area contributed by atoms with Gasteiger partial charge in [-0.2, -0.15) is 0 Å². The Balaban J connectivity index is 0.947. The van der Waals surface area contributed by atoms with Gasteiger partial charge in [-0.05, 0) is 81.4 Å². The van der Waals surface area contributed by atoms with Crippen LogP contribution in [0.25, 0.3) is 106 Å². The summed E-state index contributed by atoms with van der Waals surface area (Å²) in [7, 11) is 0. The summed E-state index contributed by atoms with van der Waals surface area (Å²) in [5.74, 6) is 1.83. The molecule has 0 fully saturated rings. The van der Waals surface area contributed by atoms with Gasteiger partial charge in [0.05, 0.1) is 22.1 Å². The lowest BCUT2D eigenvalue weighted by molar-refractivity contribution is 0.669. The lowest BCUT2D eigenvalue weighted by Gasteiger charge is -2.34. The minimum atomic E-state index is -0.496. The highest BCUT2D eigenvalue weighted by Crippen LogP contribution is 2.58. The first kappa shape index (κ1) is 39.0. The SMILES string of the molecule is c1ccc(-c2nc(-c3ccccc3)nc(-c3cccc4oc5ccc(-c6ccc7c(c6)c6ccccc6n7-c6cccc7c6-c6ccccc6C7(c6ccccc6)c6ccccc6)cc5c34)n2)cc1. The number of nitrogens with zero attached hydrogens (tertiary/aromatic N) is 4. The molecule has 322 valence electrons. The summed E-state index contributed by atoms with van der Waals surface area (Å²) in [5.41, 5.74) is 17.1. The minimum absolute atomic E-state index is 0.496. The molecule has 0 amide bonds. The first-order valence-corrected chi connectivity index (χ1v) is 23.4. The highest BCUT2D eigenvalue weighted by molar-refractivity contribution is 6.14. The van der Waals surface area contributed by atoms with Crippen molar-refractivity contribution in [1.29, 1.82) is 0 Å². The van der Waals surface area contributed by atoms with Crippen molar-refractivity contribution in [3.05, 3.63) is 265 Å². The molecular weight excluding hydrogens is 841 g/mol. The number of hydrogen-bond donors (Lipinski definition) is 0. The van der Waals surface area contributed by atoms with Crippen LogP contribution in [0.5, 0.6) is 0 Å². The number of fused-ring (bicyclic) bond motifs is 9. The minimum Gasteiger partial charge on any atom is -0.456 e. The van der Waals surface area contributed by atoms with Gasteiger partial charge in [0.1, 0.15) is 11.2 Å². The van der Waals surface area contributed by atoms with Crippen LogP contribution in [-0.2, 0) is 5.41 Å². The number of furan rings is 1. The predicted octanol–water partition coefficient (Wildman–Crippen LogP) is 15.9. The maximum Gasteiger partial charge on any atom is 0.164 e. The molecule has 1 aliphatic rings. The molecule has 0 atom stereocenters. The summed E-state index contributed by atoms with van der Waals surface area (Å²) >= 11 is 0. The van der Waals surface area contributed by atoms with Gasteiger partial charge in [-0.1, -0.05) is 200 Å². The maximum atomic E-state index is 6.57. The molecule has 3 aromatic heterocycles. The Bertz CT molecular complexity index is 4020. The summed E-state index contributed by atoms with van der Waals surface area (Å²) in [4.78, 5) is 15.2. The van der Waals surface area contributed by atoms with Gasteiger partial charge in [0.25, 0.3) is 0 Å². The van der Waals surface area contributed by atoms with Crippen molar-refractivity contribution < 1.29 is 4.42 Å². The summed E-state index contributed by atoms with van der Waals surface area (Å²) < 4.78 is 9.06. The second kappa shape index (κ2) is 15.4. The highest BCUT2D eigenvalue weighted by atomic mass is 16.3. The van der Waals surface area contributed by atoms with Crippen LogP contribution < -0.4 is 0 Å². The normalized spacial score (nSPS) is 12.8. The summed E-state index contributed by atoms with van der Waals surface area (Å²) in [6.45, 7) is 0. The van der Waals surface area contributed by atoms with Crippen molar-refractivity contribution in [3.63, 3.8) is 0 Å². The summed E-state index contributed by atoms with van der Waals surface area (Å²) in [5, 5.41) is 4.36. The van der Waals surface area contributed by atoms with E-state index in [1.54, 1.807) is 0 Å². The Labute approximate surface area is 398 Å². The largest absolute Gasteiger partial charge is 0.456 e. The molecule has 69 heavy (non-hydrogen) atoms. The fourth-order valence-corrected chi connectivity index (χ4v) is 11.2. The number of benzene rings is 10. The molecule has 14 rings (SSSR count). The molecule has 0 saturated heterocycles. The molecule has 0 bridgehead atoms. The van der Waals surface area contributed by atoms with E-state index in [1.807, 2.05) is 72.8 Å². The van der Waals surface area contributed by atoms with Crippen LogP contribution in [0.1, 0.15) is 22.3 Å². The zero-order valence-electron chi connectivity index (χ0n) is 37.3. The highest BCUT2D eigenvalue weighted by Gasteiger charge is 2.47. The van der Waals surface area contributed by atoms with Crippen LogP contribution in [-0.4, -0.2) is 19.5 Å². The predicted molar refractivity (Wildman–Crippen MR) is 280 cm³/mol. The van der Waals surface area contributed by atoms with E-state index in [0.29, 0.717) is 17.5 Å². The Hall–Kier alpha value is -9.19. The lowest BCUT2D eigenvalue weighted by atomic mass is 9.68. The van der Waals surface area contributed by atoms with E-state index in [2.05, 4.69) is 174 Å². The van der Waals surface area contributed by atoms with Crippen LogP contribution in [0.2, 0.25) is 0 Å². The fraction of sp³-hybridized carbons (Fsp3) is 0.0156. The monoisotopic (exact) mass is 880 g/mol. The van der Waals surface area contributed by atoms with Crippen molar-refractivity contribution in [2.45, 2.75) is 5.41 Å². The van der Waals surface area contributed by atoms with E-state index < -0.39 is 5.41 Å². The molecule has 0 saturated carbocycles. The van der Waals surface area contributed by atoms with E-state index in [0.717, 1.165) is 66.5 Å². The van der Waals surface area contributed by atoms with Crippen molar-refractivity contribution in [2.75, 3.05) is 0 Å². The van der Waals surface area contributed by atoms with Crippen LogP contribution in [0.4, 0.5) is 0 Å². The molecule has 5 heteroatoms. The third-order valence-electron chi connectivity index (χ3n) is 14.1. The average Bonchev–Trinajstić information content (AvgIpc) is 4.08. The average molecular weight is 881 g/mol. The molecule has 13 aromatic rings. The quantitative estimate of drug-likeness (QED) is 0.160. The third-order valence-corrected chi connectivity index (χ3v) is 14.1. The van der Waals surface area contributed by atoms with Crippen LogP contribution in [0.3, 0.4) is 0 Å². The second-order valence-corrected chi connectivity index (χ2v) is 17.8. The first-order chi connectivity index (χ1) is 34.2. The second-order valence-electron chi connectivity index (χ2n) is 17.8. The Morgan fingerprint density at radius 3 is 1.59 bits per heavy atom. The van der Waals surface area contributed by atoms with Crippen molar-refractivity contribution >= 4 is 43.7 Å². The van der Waals surface area contributed by atoms with Gasteiger partial charge in [-0.25, -0.2) is 15.0 Å². The molecule has 10 aromatic carbocycles. The molecule has 1 aliphatic carbocycles. The van der Waals surface area contributed by atoms with Gasteiger partial charge < -0.3 is 8.98 Å². The van der Waals surface area contributed by atoms with E-state index in [9.17, 15) is 0 Å². The molecule has 0 radical (unpaired) electrons. The summed E-state index contributed by atoms with van der Waals surface area (Å²) in [6, 6.07) is 86.5. The zero-order chi connectivity index (χ0) is 45.5. The lowest BCUT2D eigenvalue weighted by Crippen LogP contribution is -2.28. The van der Waals surface area contributed by atoms with Crippen molar-refractivity contribution in [2.24, 2.45) is 0 Å². The smallest absolute Gasteiger partial charge is 0.164 e. The van der Waals surface area contributed by atoms with E-state index in [-0.39, 0.29) is 0 Å². The molecule has 0 aliphatic heterocycles. The number of aromatic nitrogens is 4. The molecule has 5 nitrogen and oxygen atoms in total. The molecule has 0 N–H and O–H groups in total. The van der Waals surface area contributed by atoms with E-state index in [4.69, 9.17) is 19.4 Å². The van der Waals surface area contributed by atoms with Crippen LogP contribution in [0.15, 0.2) is 247 Å². The topological polar surface area (TPSA) is 56.7 Å². The summed E-state index contributed by atoms with van der Waals surface area (Å²) in [6.07, 6.45) is 0. The van der Waals surface area contributed by atoms with Gasteiger partial charge in [-0.3, -0.25) is 0 Å². The number of para-hydroxylation sites is 1. The van der Waals surface area contributed by atoms with Gasteiger partial charge in [-0.15, -0.1) is 0 Å². The molecular formula is C64H40N4O. The Morgan fingerprint density at radius 2 is 0.884 bits per heavy atom. The van der Waals surface area contributed by atoms with Gasteiger partial charge in [0, 0.05) is 43.8 Å². The standard InChI is InChI=1S/C64H40N4O/c1-5-19-41(20-6-1)61-65-62(42-21-7-2-8-22-42)67-63(66-61)49-29-17-34-58-59(49)51-40-44(36-38-57(51)69-58)43-35-37-55-50(39-43)47-27-14-16-32-54(47)68(55)56-33-18-31-53-60(56)48-28-13-15-30-52(48)64(53,45-23-9-3-10-24-45)46-25-11-4-12-26-46/h1-40H. The fourth-order valence-electron chi connectivity index (χ4n) is 11.2. The molecule has 0 unspecified atom stereocenters. The van der Waals surface area contributed by atoms with E-state index >= 15 is 0 Å². The van der Waals surface area contributed by atoms with Gasteiger partial charge >= 0.3 is 0 Å². The van der Waals surface area contributed by atoms with Gasteiger partial charge in [0.15, 0.2) is 17.5 Å². The van der Waals surface area contributed by atoms with Crippen molar-refractivity contribution in [1.82, 2.24) is 19.5 Å². The van der Waals surface area contributed by atoms with Crippen LogP contribution >= 0.6 is 0 Å². The van der Waals surface area contributed by atoms with Crippen molar-refractivity contribution in [3.8, 4) is 62.1 Å². The maximum absolute atomic E-state index is 6.57. The first-order valence-electron chi connectivity index (χ1n) is 23.4. The number of hydrogen-bond acceptors (Lipinski definition) is 4. The van der Waals surface area contributed by atoms with E-state index in [1.165, 1.54) is 44.2 Å². The van der Waals surface area contributed by atoms with Crippen LogP contribution in [0, 0.1) is 0 Å². The molecule has 0 spiro atoms. The third kappa shape index (κ3) is 5.94. The van der Waals surface area contributed by atoms with Gasteiger partial charge in [0.2, 0.25) is 0 Å². The molecule has 3 heterocycles. The Kier molecular flexibility index (Phi) is 8.73. The Morgan fingerprint density at radius 1 is 0.348 bits per heavy atom. The number of rotatable bonds is 7.